The molecule has 1 N–H and O–H groups in total. The second kappa shape index (κ2) is 4.86. The number of nitrogens with one attached hydrogen (secondary N) is 1. The van der Waals surface area contributed by atoms with E-state index in [2.05, 4.69) is 10.3 Å². The summed E-state index contributed by atoms with van der Waals surface area (Å²) in [5.74, 6) is -0.184. The molecule has 1 aliphatic rings. The number of hydrogen-bond acceptors (Lipinski definition) is 2. The van der Waals surface area contributed by atoms with Gasteiger partial charge in [-0.1, -0.05) is 6.07 Å². The van der Waals surface area contributed by atoms with Crippen molar-refractivity contribution in [1.29, 1.82) is 0 Å². The van der Waals surface area contributed by atoms with Crippen molar-refractivity contribution in [1.82, 2.24) is 10.3 Å². The van der Waals surface area contributed by atoms with Crippen molar-refractivity contribution >= 4 is 0 Å². The lowest BCUT2D eigenvalue weighted by Crippen LogP contribution is -2.15. The Labute approximate surface area is 106 Å². The van der Waals surface area contributed by atoms with E-state index in [4.69, 9.17) is 0 Å². The molecule has 0 atom stereocenters. The molecule has 3 rings (SSSR count). The van der Waals surface area contributed by atoms with Crippen LogP contribution in [0.15, 0.2) is 42.7 Å². The predicted octanol–water partition coefficient (Wildman–Crippen LogP) is 3.14. The van der Waals surface area contributed by atoms with Crippen molar-refractivity contribution in [2.75, 3.05) is 0 Å². The summed E-state index contributed by atoms with van der Waals surface area (Å²) < 4.78 is 13.8. The van der Waals surface area contributed by atoms with Crippen molar-refractivity contribution < 1.29 is 4.39 Å². The highest BCUT2D eigenvalue weighted by molar-refractivity contribution is 5.64. The molecule has 1 saturated carbocycles. The van der Waals surface area contributed by atoms with E-state index in [-0.39, 0.29) is 5.82 Å². The van der Waals surface area contributed by atoms with Crippen LogP contribution in [0.4, 0.5) is 4.39 Å². The van der Waals surface area contributed by atoms with Crippen LogP contribution in [0.1, 0.15) is 18.4 Å². The summed E-state index contributed by atoms with van der Waals surface area (Å²) in [5, 5.41) is 3.44. The Morgan fingerprint density at radius 1 is 1.17 bits per heavy atom. The zero-order valence-corrected chi connectivity index (χ0v) is 10.1. The van der Waals surface area contributed by atoms with E-state index in [0.29, 0.717) is 11.6 Å². The molecule has 0 aliphatic heterocycles. The Balaban J connectivity index is 1.85. The maximum atomic E-state index is 13.8. The molecule has 1 aliphatic carbocycles. The van der Waals surface area contributed by atoms with Gasteiger partial charge in [-0.3, -0.25) is 4.98 Å². The number of halogens is 1. The van der Waals surface area contributed by atoms with Gasteiger partial charge in [-0.05, 0) is 48.2 Å². The van der Waals surface area contributed by atoms with Gasteiger partial charge in [0, 0.05) is 30.5 Å². The first-order valence-corrected chi connectivity index (χ1v) is 6.25. The zero-order chi connectivity index (χ0) is 12.4. The van der Waals surface area contributed by atoms with E-state index in [1.165, 1.54) is 12.8 Å². The number of pyridine rings is 1. The third-order valence-corrected chi connectivity index (χ3v) is 3.19. The van der Waals surface area contributed by atoms with Gasteiger partial charge in [-0.15, -0.1) is 0 Å². The van der Waals surface area contributed by atoms with Gasteiger partial charge in [0.05, 0.1) is 0 Å². The van der Waals surface area contributed by atoms with Gasteiger partial charge < -0.3 is 5.32 Å². The second-order valence-electron chi connectivity index (χ2n) is 4.71. The molecule has 0 bridgehead atoms. The molecule has 2 aromatic rings. The molecule has 92 valence electrons. The number of hydrogen-bond donors (Lipinski definition) is 1. The van der Waals surface area contributed by atoms with Crippen LogP contribution in [0, 0.1) is 5.82 Å². The standard InChI is InChI=1S/C15H15FN2/c16-15-4-1-11(10-18-13-2-3-13)9-14(15)12-5-7-17-8-6-12/h1,4-9,13,18H,2-3,10H2. The van der Waals surface area contributed by atoms with Crippen LogP contribution in [0.25, 0.3) is 11.1 Å². The van der Waals surface area contributed by atoms with Crippen molar-refractivity contribution in [2.24, 2.45) is 0 Å². The van der Waals surface area contributed by atoms with Crippen LogP contribution in [-0.4, -0.2) is 11.0 Å². The van der Waals surface area contributed by atoms with E-state index in [9.17, 15) is 4.39 Å². The highest BCUT2D eigenvalue weighted by atomic mass is 19.1. The maximum Gasteiger partial charge on any atom is 0.131 e. The topological polar surface area (TPSA) is 24.9 Å². The minimum atomic E-state index is -0.184. The summed E-state index contributed by atoms with van der Waals surface area (Å²) in [5.41, 5.74) is 2.64. The molecule has 1 fully saturated rings. The van der Waals surface area contributed by atoms with Crippen LogP contribution in [-0.2, 0) is 6.54 Å². The Morgan fingerprint density at radius 3 is 2.67 bits per heavy atom. The number of aromatic nitrogens is 1. The quantitative estimate of drug-likeness (QED) is 0.891. The summed E-state index contributed by atoms with van der Waals surface area (Å²) in [4.78, 5) is 3.96. The molecule has 0 saturated heterocycles. The van der Waals surface area contributed by atoms with E-state index >= 15 is 0 Å². The molecule has 3 heteroatoms. The summed E-state index contributed by atoms with van der Waals surface area (Å²) in [7, 11) is 0. The van der Waals surface area contributed by atoms with E-state index in [1.807, 2.05) is 24.3 Å². The lowest BCUT2D eigenvalue weighted by molar-refractivity contribution is 0.628. The van der Waals surface area contributed by atoms with Crippen molar-refractivity contribution in [3.63, 3.8) is 0 Å². The molecule has 18 heavy (non-hydrogen) atoms. The van der Waals surface area contributed by atoms with E-state index in [1.54, 1.807) is 18.5 Å². The van der Waals surface area contributed by atoms with Gasteiger partial charge in [0.2, 0.25) is 0 Å². The molecule has 0 spiro atoms. The fourth-order valence-electron chi connectivity index (χ4n) is 1.98. The summed E-state index contributed by atoms with van der Waals surface area (Å²) in [6, 6.07) is 9.63. The third kappa shape index (κ3) is 2.57. The first-order valence-electron chi connectivity index (χ1n) is 6.25. The molecule has 0 unspecified atom stereocenters. The molecule has 1 heterocycles. The van der Waals surface area contributed by atoms with Crippen LogP contribution < -0.4 is 5.32 Å². The fraction of sp³-hybridized carbons (Fsp3) is 0.267. The maximum absolute atomic E-state index is 13.8. The normalized spacial score (nSPS) is 14.7. The average Bonchev–Trinajstić information content (AvgIpc) is 3.23. The number of rotatable bonds is 4. The number of nitrogens with zero attached hydrogens (tertiary/aromatic N) is 1. The summed E-state index contributed by atoms with van der Waals surface area (Å²) >= 11 is 0. The number of benzene rings is 1. The monoisotopic (exact) mass is 242 g/mol. The van der Waals surface area contributed by atoms with Crippen molar-refractivity contribution in [3.8, 4) is 11.1 Å². The van der Waals surface area contributed by atoms with Gasteiger partial charge in [0.25, 0.3) is 0 Å². The Bertz CT molecular complexity index is 535. The molecular formula is C15H15FN2. The lowest BCUT2D eigenvalue weighted by atomic mass is 10.0. The summed E-state index contributed by atoms with van der Waals surface area (Å²) in [6.07, 6.45) is 5.89. The van der Waals surface area contributed by atoms with Crippen LogP contribution in [0.5, 0.6) is 0 Å². The molecular weight excluding hydrogens is 227 g/mol. The highest BCUT2D eigenvalue weighted by Crippen LogP contribution is 2.24. The van der Waals surface area contributed by atoms with E-state index < -0.39 is 0 Å². The first kappa shape index (κ1) is 11.4. The zero-order valence-electron chi connectivity index (χ0n) is 10.1. The first-order chi connectivity index (χ1) is 8.83. The van der Waals surface area contributed by atoms with Crippen molar-refractivity contribution in [2.45, 2.75) is 25.4 Å². The average molecular weight is 242 g/mol. The molecule has 0 amide bonds. The Kier molecular flexibility index (Phi) is 3.07. The summed E-state index contributed by atoms with van der Waals surface area (Å²) in [6.45, 7) is 0.809. The molecule has 1 aromatic heterocycles. The SMILES string of the molecule is Fc1ccc(CNC2CC2)cc1-c1ccncc1. The highest BCUT2D eigenvalue weighted by Gasteiger charge is 2.20. The van der Waals surface area contributed by atoms with Crippen molar-refractivity contribution in [3.05, 3.63) is 54.1 Å². The third-order valence-electron chi connectivity index (χ3n) is 3.19. The van der Waals surface area contributed by atoms with Crippen LogP contribution >= 0.6 is 0 Å². The molecule has 1 aromatic carbocycles. The smallest absolute Gasteiger partial charge is 0.131 e. The van der Waals surface area contributed by atoms with Crippen LogP contribution in [0.2, 0.25) is 0 Å². The van der Waals surface area contributed by atoms with Gasteiger partial charge in [0.1, 0.15) is 5.82 Å². The second-order valence-corrected chi connectivity index (χ2v) is 4.71. The Hall–Kier alpha value is -1.74. The van der Waals surface area contributed by atoms with Gasteiger partial charge in [0.15, 0.2) is 0 Å². The van der Waals surface area contributed by atoms with Gasteiger partial charge >= 0.3 is 0 Å². The Morgan fingerprint density at radius 2 is 1.94 bits per heavy atom. The van der Waals surface area contributed by atoms with Crippen LogP contribution in [0.3, 0.4) is 0 Å². The fourth-order valence-corrected chi connectivity index (χ4v) is 1.98. The molecule has 0 radical (unpaired) electrons. The lowest BCUT2D eigenvalue weighted by Gasteiger charge is -2.08. The molecule has 2 nitrogen and oxygen atoms in total. The largest absolute Gasteiger partial charge is 0.310 e. The minimum absolute atomic E-state index is 0.184. The van der Waals surface area contributed by atoms with E-state index in [0.717, 1.165) is 17.7 Å². The van der Waals surface area contributed by atoms with Gasteiger partial charge in [-0.2, -0.15) is 0 Å². The van der Waals surface area contributed by atoms with Gasteiger partial charge in [-0.25, -0.2) is 4.39 Å². The minimum Gasteiger partial charge on any atom is -0.310 e. The predicted molar refractivity (Wildman–Crippen MR) is 69.5 cm³/mol.